The highest BCUT2D eigenvalue weighted by Gasteiger charge is 2.25. The number of carbonyl (C=O) groups excluding carboxylic acids is 1. The number of hydrogen-bond acceptors (Lipinski definition) is 5. The molecule has 0 unspecified atom stereocenters. The Morgan fingerprint density at radius 2 is 1.91 bits per heavy atom. The topological polar surface area (TPSA) is 94.1 Å². The highest BCUT2D eigenvalue weighted by Crippen LogP contribution is 2.31. The van der Waals surface area contributed by atoms with Crippen LogP contribution in [0.25, 0.3) is 0 Å². The Bertz CT molecular complexity index is 593. The third-order valence-electron chi connectivity index (χ3n) is 3.04. The van der Waals surface area contributed by atoms with Gasteiger partial charge in [0.25, 0.3) is 0 Å². The second kappa shape index (κ2) is 6.76. The Morgan fingerprint density at radius 1 is 1.26 bits per heavy atom. The summed E-state index contributed by atoms with van der Waals surface area (Å²) in [6.07, 6.45) is -0.645. The van der Waals surface area contributed by atoms with Gasteiger partial charge in [0.15, 0.2) is 11.5 Å². The SMILES string of the molecule is CC(C)(C)OC(=O)N[C@@H](Cc1ccc2c(c1)OCCO2)C(=O)O. The summed E-state index contributed by atoms with van der Waals surface area (Å²) in [6.45, 7) is 6.08. The maximum Gasteiger partial charge on any atom is 0.408 e. The summed E-state index contributed by atoms with van der Waals surface area (Å²) in [7, 11) is 0. The molecule has 23 heavy (non-hydrogen) atoms. The number of carboxylic acids is 1. The van der Waals surface area contributed by atoms with Crippen molar-refractivity contribution in [1.82, 2.24) is 5.32 Å². The number of nitrogens with one attached hydrogen (secondary N) is 1. The number of amides is 1. The Balaban J connectivity index is 2.04. The number of rotatable bonds is 4. The molecule has 7 nitrogen and oxygen atoms in total. The molecule has 0 aliphatic carbocycles. The van der Waals surface area contributed by atoms with Crippen LogP contribution in [0.3, 0.4) is 0 Å². The minimum Gasteiger partial charge on any atom is -0.486 e. The summed E-state index contributed by atoms with van der Waals surface area (Å²) in [5.41, 5.74) is 0.0298. The van der Waals surface area contributed by atoms with E-state index in [1.807, 2.05) is 0 Å². The lowest BCUT2D eigenvalue weighted by atomic mass is 10.1. The number of benzene rings is 1. The number of ether oxygens (including phenoxy) is 3. The van der Waals surface area contributed by atoms with Crippen molar-refractivity contribution in [2.75, 3.05) is 13.2 Å². The van der Waals surface area contributed by atoms with Gasteiger partial charge in [0.2, 0.25) is 0 Å². The van der Waals surface area contributed by atoms with Crippen LogP contribution in [0.2, 0.25) is 0 Å². The Kier molecular flexibility index (Phi) is 4.98. The van der Waals surface area contributed by atoms with E-state index in [1.165, 1.54) is 0 Å². The first-order valence-electron chi connectivity index (χ1n) is 7.35. The van der Waals surface area contributed by atoms with Crippen LogP contribution < -0.4 is 14.8 Å². The summed E-state index contributed by atoms with van der Waals surface area (Å²) >= 11 is 0. The van der Waals surface area contributed by atoms with Crippen molar-refractivity contribution in [2.45, 2.75) is 38.8 Å². The highest BCUT2D eigenvalue weighted by molar-refractivity contribution is 5.80. The Labute approximate surface area is 134 Å². The zero-order valence-corrected chi connectivity index (χ0v) is 13.4. The summed E-state index contributed by atoms with van der Waals surface area (Å²) in [6, 6.07) is 4.12. The molecule has 0 aromatic heterocycles. The van der Waals surface area contributed by atoms with Gasteiger partial charge in [-0.3, -0.25) is 0 Å². The smallest absolute Gasteiger partial charge is 0.408 e. The third kappa shape index (κ3) is 5.05. The van der Waals surface area contributed by atoms with Gasteiger partial charge in [-0.1, -0.05) is 6.07 Å². The van der Waals surface area contributed by atoms with Gasteiger partial charge >= 0.3 is 12.1 Å². The highest BCUT2D eigenvalue weighted by atomic mass is 16.6. The zero-order valence-electron chi connectivity index (χ0n) is 13.4. The fourth-order valence-corrected chi connectivity index (χ4v) is 2.10. The fraction of sp³-hybridized carbons (Fsp3) is 0.500. The van der Waals surface area contributed by atoms with Crippen LogP contribution in [0, 0.1) is 0 Å². The van der Waals surface area contributed by atoms with Crippen LogP contribution in [-0.2, 0) is 16.0 Å². The number of alkyl carbamates (subject to hydrolysis) is 1. The average Bonchev–Trinajstić information content (AvgIpc) is 2.44. The summed E-state index contributed by atoms with van der Waals surface area (Å²) in [4.78, 5) is 23.1. The molecule has 1 aromatic rings. The van der Waals surface area contributed by atoms with Crippen molar-refractivity contribution in [3.05, 3.63) is 23.8 Å². The Morgan fingerprint density at radius 3 is 2.52 bits per heavy atom. The van der Waals surface area contributed by atoms with Gasteiger partial charge in [0.05, 0.1) is 0 Å². The lowest BCUT2D eigenvalue weighted by Crippen LogP contribution is -2.44. The van der Waals surface area contributed by atoms with Crippen molar-refractivity contribution < 1.29 is 28.9 Å². The van der Waals surface area contributed by atoms with Gasteiger partial charge in [0.1, 0.15) is 24.9 Å². The second-order valence-corrected chi connectivity index (χ2v) is 6.22. The van der Waals surface area contributed by atoms with E-state index in [0.29, 0.717) is 24.7 Å². The van der Waals surface area contributed by atoms with E-state index in [4.69, 9.17) is 14.2 Å². The van der Waals surface area contributed by atoms with Crippen molar-refractivity contribution in [3.8, 4) is 11.5 Å². The predicted molar refractivity (Wildman–Crippen MR) is 81.9 cm³/mol. The first kappa shape index (κ1) is 16.9. The zero-order chi connectivity index (χ0) is 17.0. The minimum atomic E-state index is -1.13. The average molecular weight is 323 g/mol. The molecule has 1 atom stereocenters. The molecule has 1 heterocycles. The lowest BCUT2D eigenvalue weighted by molar-refractivity contribution is -0.139. The van der Waals surface area contributed by atoms with Crippen molar-refractivity contribution in [1.29, 1.82) is 0 Å². The van der Waals surface area contributed by atoms with E-state index < -0.39 is 23.7 Å². The number of carbonyl (C=O) groups is 2. The second-order valence-electron chi connectivity index (χ2n) is 6.22. The normalized spacial score (nSPS) is 14.7. The summed E-state index contributed by atoms with van der Waals surface area (Å²) < 4.78 is 16.0. The van der Waals surface area contributed by atoms with Gasteiger partial charge in [-0.2, -0.15) is 0 Å². The predicted octanol–water partition coefficient (Wildman–Crippen LogP) is 1.98. The number of hydrogen-bond donors (Lipinski definition) is 2. The quantitative estimate of drug-likeness (QED) is 0.880. The summed E-state index contributed by atoms with van der Waals surface area (Å²) in [5.74, 6) is 0.0767. The maximum atomic E-state index is 11.8. The monoisotopic (exact) mass is 323 g/mol. The molecule has 0 radical (unpaired) electrons. The molecule has 0 saturated heterocycles. The van der Waals surface area contributed by atoms with Gasteiger partial charge in [-0.15, -0.1) is 0 Å². The van der Waals surface area contributed by atoms with Gasteiger partial charge in [-0.05, 0) is 38.5 Å². The minimum absolute atomic E-state index is 0.116. The van der Waals surface area contributed by atoms with Crippen molar-refractivity contribution in [3.63, 3.8) is 0 Å². The van der Waals surface area contributed by atoms with Gasteiger partial charge in [0, 0.05) is 6.42 Å². The number of fused-ring (bicyclic) bond motifs is 1. The molecule has 1 aromatic carbocycles. The molecule has 2 N–H and O–H groups in total. The van der Waals surface area contributed by atoms with Gasteiger partial charge in [-0.25, -0.2) is 9.59 Å². The van der Waals surface area contributed by atoms with E-state index in [1.54, 1.807) is 39.0 Å². The van der Waals surface area contributed by atoms with Gasteiger partial charge < -0.3 is 24.6 Å². The molecule has 126 valence electrons. The number of carboxylic acid groups (broad SMARTS) is 1. The standard InChI is InChI=1S/C16H21NO6/c1-16(2,3)23-15(20)17-11(14(18)19)8-10-4-5-12-13(9-10)22-7-6-21-12/h4-5,9,11H,6-8H2,1-3H3,(H,17,20)(H,18,19)/t11-/m0/s1. The molecule has 0 spiro atoms. The van der Waals surface area contributed by atoms with E-state index in [2.05, 4.69) is 5.32 Å². The lowest BCUT2D eigenvalue weighted by Gasteiger charge is -2.22. The fourth-order valence-electron chi connectivity index (χ4n) is 2.10. The largest absolute Gasteiger partial charge is 0.486 e. The van der Waals surface area contributed by atoms with Crippen LogP contribution in [0.1, 0.15) is 26.3 Å². The molecule has 1 aliphatic heterocycles. The van der Waals surface area contributed by atoms with E-state index in [9.17, 15) is 14.7 Å². The molecule has 0 bridgehead atoms. The third-order valence-corrected chi connectivity index (χ3v) is 3.04. The van der Waals surface area contributed by atoms with Crippen LogP contribution in [0.15, 0.2) is 18.2 Å². The first-order valence-corrected chi connectivity index (χ1v) is 7.35. The van der Waals surface area contributed by atoms with Crippen molar-refractivity contribution in [2.24, 2.45) is 0 Å². The van der Waals surface area contributed by atoms with Crippen LogP contribution in [-0.4, -0.2) is 42.0 Å². The Hall–Kier alpha value is -2.44. The molecule has 1 aliphatic rings. The molecule has 7 heteroatoms. The van der Waals surface area contributed by atoms with Crippen LogP contribution in [0.4, 0.5) is 4.79 Å². The first-order chi connectivity index (χ1) is 10.7. The molecule has 1 amide bonds. The van der Waals surface area contributed by atoms with Crippen LogP contribution >= 0.6 is 0 Å². The summed E-state index contributed by atoms with van der Waals surface area (Å²) in [5, 5.41) is 11.7. The molecule has 0 fully saturated rings. The van der Waals surface area contributed by atoms with E-state index >= 15 is 0 Å². The molecule has 0 saturated carbocycles. The molecular weight excluding hydrogens is 302 g/mol. The molecule has 2 rings (SSSR count). The van der Waals surface area contributed by atoms with Crippen molar-refractivity contribution >= 4 is 12.1 Å². The maximum absolute atomic E-state index is 11.8. The molecular formula is C16H21NO6. The number of aliphatic carboxylic acids is 1. The van der Waals surface area contributed by atoms with Crippen LogP contribution in [0.5, 0.6) is 11.5 Å². The van der Waals surface area contributed by atoms with E-state index in [-0.39, 0.29) is 6.42 Å². The van der Waals surface area contributed by atoms with E-state index in [0.717, 1.165) is 5.56 Å².